The molecule has 0 spiro atoms. The predicted molar refractivity (Wildman–Crippen MR) is 61.8 cm³/mol. The van der Waals surface area contributed by atoms with Gasteiger partial charge in [-0.2, -0.15) is 0 Å². The Morgan fingerprint density at radius 1 is 1.33 bits per heavy atom. The molecule has 1 saturated heterocycles. The van der Waals surface area contributed by atoms with E-state index in [4.69, 9.17) is 0 Å². The fourth-order valence-corrected chi connectivity index (χ4v) is 1.90. The zero-order valence-corrected chi connectivity index (χ0v) is 10.0. The molecule has 1 fully saturated rings. The molecule has 1 heterocycles. The lowest BCUT2D eigenvalue weighted by molar-refractivity contribution is -0.123. The molecule has 2 atom stereocenters. The minimum atomic E-state index is -0.106. The summed E-state index contributed by atoms with van der Waals surface area (Å²) in [5, 5.41) is 5.95. The average Bonchev–Trinajstić information content (AvgIpc) is 2.68. The number of carbonyl (C=O) groups excluding carboxylic acids is 1. The molecular formula is C11H23N3O. The van der Waals surface area contributed by atoms with E-state index in [1.54, 1.807) is 7.05 Å². The maximum Gasteiger partial charge on any atom is 0.237 e. The highest BCUT2D eigenvalue weighted by Gasteiger charge is 2.17. The molecule has 0 bridgehead atoms. The van der Waals surface area contributed by atoms with Gasteiger partial charge < -0.3 is 15.5 Å². The van der Waals surface area contributed by atoms with E-state index in [1.165, 1.54) is 25.9 Å². The van der Waals surface area contributed by atoms with Crippen LogP contribution in [0, 0.1) is 0 Å². The van der Waals surface area contributed by atoms with Crippen molar-refractivity contribution in [2.24, 2.45) is 0 Å². The summed E-state index contributed by atoms with van der Waals surface area (Å²) >= 11 is 0. The van der Waals surface area contributed by atoms with Crippen molar-refractivity contribution in [3.05, 3.63) is 0 Å². The van der Waals surface area contributed by atoms with Crippen LogP contribution in [-0.4, -0.2) is 49.6 Å². The summed E-state index contributed by atoms with van der Waals surface area (Å²) in [6.07, 6.45) is 2.60. The Labute approximate surface area is 92.4 Å². The maximum atomic E-state index is 11.6. The van der Waals surface area contributed by atoms with Gasteiger partial charge in [-0.1, -0.05) is 0 Å². The first-order chi connectivity index (χ1) is 7.13. The molecule has 2 N–H and O–H groups in total. The monoisotopic (exact) mass is 213 g/mol. The van der Waals surface area contributed by atoms with Crippen molar-refractivity contribution in [2.75, 3.05) is 26.7 Å². The van der Waals surface area contributed by atoms with Crippen molar-refractivity contribution < 1.29 is 4.79 Å². The Hall–Kier alpha value is -0.610. The third kappa shape index (κ3) is 4.18. The van der Waals surface area contributed by atoms with Crippen LogP contribution < -0.4 is 10.6 Å². The number of rotatable bonds is 5. The first kappa shape index (κ1) is 12.5. The van der Waals surface area contributed by atoms with Gasteiger partial charge in [-0.3, -0.25) is 4.79 Å². The number of hydrogen-bond acceptors (Lipinski definition) is 3. The van der Waals surface area contributed by atoms with Crippen molar-refractivity contribution in [3.8, 4) is 0 Å². The summed E-state index contributed by atoms with van der Waals surface area (Å²) in [5.74, 6) is 0.0872. The SMILES string of the molecule is CNC(C)C(=O)NC(C)CN1CCCC1. The van der Waals surface area contributed by atoms with Gasteiger partial charge in [0.15, 0.2) is 0 Å². The second kappa shape index (κ2) is 6.08. The highest BCUT2D eigenvalue weighted by molar-refractivity contribution is 5.81. The summed E-state index contributed by atoms with van der Waals surface area (Å²) in [4.78, 5) is 14.0. The van der Waals surface area contributed by atoms with Crippen LogP contribution in [0.4, 0.5) is 0 Å². The Bertz CT molecular complexity index is 202. The van der Waals surface area contributed by atoms with Crippen molar-refractivity contribution in [2.45, 2.75) is 38.8 Å². The molecule has 0 saturated carbocycles. The average molecular weight is 213 g/mol. The van der Waals surface area contributed by atoms with E-state index < -0.39 is 0 Å². The van der Waals surface area contributed by atoms with E-state index >= 15 is 0 Å². The Morgan fingerprint density at radius 2 is 1.93 bits per heavy atom. The molecule has 4 heteroatoms. The third-order valence-electron chi connectivity index (χ3n) is 2.95. The normalized spacial score (nSPS) is 21.3. The molecule has 0 radical (unpaired) electrons. The largest absolute Gasteiger partial charge is 0.351 e. The van der Waals surface area contributed by atoms with Gasteiger partial charge in [-0.15, -0.1) is 0 Å². The fraction of sp³-hybridized carbons (Fsp3) is 0.909. The second-order valence-corrected chi connectivity index (χ2v) is 4.43. The molecule has 0 aromatic carbocycles. The van der Waals surface area contributed by atoms with Crippen LogP contribution in [0.2, 0.25) is 0 Å². The van der Waals surface area contributed by atoms with Crippen LogP contribution in [0.15, 0.2) is 0 Å². The number of likely N-dealkylation sites (tertiary alicyclic amines) is 1. The predicted octanol–water partition coefficient (Wildman–Crippen LogP) is 0.195. The highest BCUT2D eigenvalue weighted by atomic mass is 16.2. The van der Waals surface area contributed by atoms with Gasteiger partial charge in [0.2, 0.25) is 5.91 Å². The molecule has 4 nitrogen and oxygen atoms in total. The van der Waals surface area contributed by atoms with Crippen LogP contribution in [0.5, 0.6) is 0 Å². The molecule has 0 aromatic heterocycles. The van der Waals surface area contributed by atoms with Gasteiger partial charge in [0.1, 0.15) is 0 Å². The van der Waals surface area contributed by atoms with Gasteiger partial charge in [0.25, 0.3) is 0 Å². The Morgan fingerprint density at radius 3 is 2.47 bits per heavy atom. The Balaban J connectivity index is 2.22. The minimum Gasteiger partial charge on any atom is -0.351 e. The van der Waals surface area contributed by atoms with E-state index in [1.807, 2.05) is 6.92 Å². The van der Waals surface area contributed by atoms with Gasteiger partial charge in [0.05, 0.1) is 6.04 Å². The summed E-state index contributed by atoms with van der Waals surface area (Å²) in [6, 6.07) is 0.137. The summed E-state index contributed by atoms with van der Waals surface area (Å²) < 4.78 is 0. The molecule has 1 rings (SSSR count). The van der Waals surface area contributed by atoms with Crippen LogP contribution in [-0.2, 0) is 4.79 Å². The second-order valence-electron chi connectivity index (χ2n) is 4.43. The minimum absolute atomic E-state index is 0.0872. The molecule has 1 amide bonds. The number of hydrogen-bond donors (Lipinski definition) is 2. The standard InChI is InChI=1S/C11H23N3O/c1-9(8-14-6-4-5-7-14)13-11(15)10(2)12-3/h9-10,12H,4-8H2,1-3H3,(H,13,15). The molecule has 1 aliphatic rings. The molecular weight excluding hydrogens is 190 g/mol. The fourth-order valence-electron chi connectivity index (χ4n) is 1.90. The number of amides is 1. The van der Waals surface area contributed by atoms with Crippen LogP contribution in [0.25, 0.3) is 0 Å². The lowest BCUT2D eigenvalue weighted by Gasteiger charge is -2.22. The van der Waals surface area contributed by atoms with Crippen molar-refractivity contribution in [3.63, 3.8) is 0 Å². The first-order valence-electron chi connectivity index (χ1n) is 5.83. The maximum absolute atomic E-state index is 11.6. The quantitative estimate of drug-likeness (QED) is 0.685. The smallest absolute Gasteiger partial charge is 0.237 e. The number of likely N-dealkylation sites (N-methyl/N-ethyl adjacent to an activating group) is 1. The summed E-state index contributed by atoms with van der Waals surface area (Å²) in [5.41, 5.74) is 0. The molecule has 15 heavy (non-hydrogen) atoms. The third-order valence-corrected chi connectivity index (χ3v) is 2.95. The van der Waals surface area contributed by atoms with Gasteiger partial charge in [-0.25, -0.2) is 0 Å². The molecule has 2 unspecified atom stereocenters. The lowest BCUT2D eigenvalue weighted by atomic mass is 10.2. The highest BCUT2D eigenvalue weighted by Crippen LogP contribution is 2.07. The van der Waals surface area contributed by atoms with Crippen LogP contribution >= 0.6 is 0 Å². The first-order valence-corrected chi connectivity index (χ1v) is 5.83. The van der Waals surface area contributed by atoms with E-state index in [9.17, 15) is 4.79 Å². The van der Waals surface area contributed by atoms with Gasteiger partial charge in [-0.05, 0) is 46.8 Å². The summed E-state index contributed by atoms with van der Waals surface area (Å²) in [7, 11) is 1.80. The van der Waals surface area contributed by atoms with E-state index in [2.05, 4.69) is 22.5 Å². The van der Waals surface area contributed by atoms with Gasteiger partial charge in [0, 0.05) is 12.6 Å². The van der Waals surface area contributed by atoms with E-state index in [0.29, 0.717) is 0 Å². The number of nitrogens with one attached hydrogen (secondary N) is 2. The van der Waals surface area contributed by atoms with E-state index in [0.717, 1.165) is 6.54 Å². The molecule has 1 aliphatic heterocycles. The molecule has 88 valence electrons. The van der Waals surface area contributed by atoms with E-state index in [-0.39, 0.29) is 18.0 Å². The van der Waals surface area contributed by atoms with Crippen LogP contribution in [0.1, 0.15) is 26.7 Å². The number of carbonyl (C=O) groups is 1. The topological polar surface area (TPSA) is 44.4 Å². The molecule has 0 aliphatic carbocycles. The van der Waals surface area contributed by atoms with Crippen LogP contribution in [0.3, 0.4) is 0 Å². The lowest BCUT2D eigenvalue weighted by Crippen LogP contribution is -2.47. The molecule has 0 aromatic rings. The summed E-state index contributed by atoms with van der Waals surface area (Å²) in [6.45, 7) is 7.28. The Kier molecular flexibility index (Phi) is 5.05. The zero-order valence-electron chi connectivity index (χ0n) is 10.0. The number of nitrogens with zero attached hydrogens (tertiary/aromatic N) is 1. The van der Waals surface area contributed by atoms with Crippen molar-refractivity contribution in [1.29, 1.82) is 0 Å². The van der Waals surface area contributed by atoms with Gasteiger partial charge >= 0.3 is 0 Å². The van der Waals surface area contributed by atoms with Crippen molar-refractivity contribution in [1.82, 2.24) is 15.5 Å². The zero-order chi connectivity index (χ0) is 11.3. The van der Waals surface area contributed by atoms with Crippen molar-refractivity contribution >= 4 is 5.91 Å².